The van der Waals surface area contributed by atoms with Gasteiger partial charge in [0, 0.05) is 23.8 Å². The zero-order valence-corrected chi connectivity index (χ0v) is 9.19. The smallest absolute Gasteiger partial charge is 0.0658 e. The van der Waals surface area contributed by atoms with E-state index in [2.05, 4.69) is 27.9 Å². The summed E-state index contributed by atoms with van der Waals surface area (Å²) in [5.74, 6) is 0. The molecule has 4 nitrogen and oxygen atoms in total. The van der Waals surface area contributed by atoms with E-state index in [1.807, 2.05) is 6.20 Å². The van der Waals surface area contributed by atoms with Crippen LogP contribution < -0.4 is 5.73 Å². The summed E-state index contributed by atoms with van der Waals surface area (Å²) in [6.07, 6.45) is 7.53. The molecule has 2 aliphatic rings. The van der Waals surface area contributed by atoms with Crippen molar-refractivity contribution in [2.75, 3.05) is 20.1 Å². The molecule has 4 heteroatoms. The van der Waals surface area contributed by atoms with Crippen molar-refractivity contribution < 1.29 is 0 Å². The first-order valence-electron chi connectivity index (χ1n) is 5.69. The van der Waals surface area contributed by atoms with Gasteiger partial charge in [-0.05, 0) is 32.9 Å². The van der Waals surface area contributed by atoms with Crippen LogP contribution in [0.3, 0.4) is 0 Å². The molecule has 0 bridgehead atoms. The summed E-state index contributed by atoms with van der Waals surface area (Å²) < 4.78 is 2.10. The molecular formula is C11H18N4. The van der Waals surface area contributed by atoms with Gasteiger partial charge in [0.05, 0.1) is 12.2 Å². The van der Waals surface area contributed by atoms with E-state index in [-0.39, 0.29) is 5.54 Å². The minimum atomic E-state index is -0.0389. The van der Waals surface area contributed by atoms with Gasteiger partial charge in [-0.2, -0.15) is 5.10 Å². The Hall–Kier alpha value is -0.870. The second kappa shape index (κ2) is 3.06. The summed E-state index contributed by atoms with van der Waals surface area (Å²) in [7, 11) is 2.16. The van der Waals surface area contributed by atoms with E-state index < -0.39 is 0 Å². The maximum Gasteiger partial charge on any atom is 0.0658 e. The highest BCUT2D eigenvalue weighted by Crippen LogP contribution is 2.42. The average molecular weight is 206 g/mol. The first-order valence-corrected chi connectivity index (χ1v) is 5.69. The van der Waals surface area contributed by atoms with Crippen LogP contribution in [0, 0.1) is 0 Å². The molecule has 2 heterocycles. The number of rotatable bonds is 2. The number of nitrogens with two attached hydrogens (primary N) is 1. The molecule has 2 N–H and O–H groups in total. The Morgan fingerprint density at radius 1 is 1.53 bits per heavy atom. The minimum Gasteiger partial charge on any atom is -0.321 e. The van der Waals surface area contributed by atoms with Crippen LogP contribution in [-0.4, -0.2) is 34.8 Å². The molecule has 0 aromatic carbocycles. The molecule has 2 fully saturated rings. The van der Waals surface area contributed by atoms with E-state index in [4.69, 9.17) is 5.73 Å². The van der Waals surface area contributed by atoms with Crippen LogP contribution in [0.4, 0.5) is 0 Å². The Bertz CT molecular complexity index is 366. The first kappa shape index (κ1) is 9.36. The number of aromatic nitrogens is 2. The molecule has 3 rings (SSSR count). The van der Waals surface area contributed by atoms with Crippen molar-refractivity contribution in [2.45, 2.75) is 30.8 Å². The zero-order chi connectivity index (χ0) is 10.5. The maximum atomic E-state index is 6.14. The molecule has 1 aliphatic heterocycles. The van der Waals surface area contributed by atoms with Crippen molar-refractivity contribution in [3.8, 4) is 0 Å². The van der Waals surface area contributed by atoms with Gasteiger partial charge in [0.2, 0.25) is 0 Å². The van der Waals surface area contributed by atoms with Gasteiger partial charge in [0.15, 0.2) is 0 Å². The number of likely N-dealkylation sites (tertiary alicyclic amines) is 1. The highest BCUT2D eigenvalue weighted by atomic mass is 15.3. The maximum absolute atomic E-state index is 6.14. The third kappa shape index (κ3) is 1.58. The number of hydrogen-bond acceptors (Lipinski definition) is 3. The Kier molecular flexibility index (Phi) is 1.91. The highest BCUT2D eigenvalue weighted by molar-refractivity contribution is 5.24. The predicted molar refractivity (Wildman–Crippen MR) is 58.5 cm³/mol. The Morgan fingerprint density at radius 2 is 2.33 bits per heavy atom. The molecule has 0 spiro atoms. The van der Waals surface area contributed by atoms with Gasteiger partial charge >= 0.3 is 0 Å². The van der Waals surface area contributed by atoms with Crippen LogP contribution in [0.15, 0.2) is 12.4 Å². The first-order chi connectivity index (χ1) is 7.17. The van der Waals surface area contributed by atoms with Gasteiger partial charge in [-0.25, -0.2) is 0 Å². The minimum absolute atomic E-state index is 0.0389. The van der Waals surface area contributed by atoms with E-state index in [9.17, 15) is 0 Å². The molecule has 0 radical (unpaired) electrons. The van der Waals surface area contributed by atoms with E-state index in [1.165, 1.54) is 18.5 Å². The van der Waals surface area contributed by atoms with Crippen LogP contribution in [0.1, 0.15) is 30.9 Å². The topological polar surface area (TPSA) is 47.1 Å². The van der Waals surface area contributed by atoms with Gasteiger partial charge in [0.25, 0.3) is 0 Å². The fourth-order valence-electron chi connectivity index (χ4n) is 2.35. The van der Waals surface area contributed by atoms with E-state index in [0.29, 0.717) is 6.04 Å². The summed E-state index contributed by atoms with van der Waals surface area (Å²) in [6.45, 7) is 2.28. The van der Waals surface area contributed by atoms with Gasteiger partial charge in [-0.1, -0.05) is 0 Å². The van der Waals surface area contributed by atoms with E-state index in [1.54, 1.807) is 0 Å². The Balaban J connectivity index is 1.79. The number of likely N-dealkylation sites (N-methyl/N-ethyl adjacent to an activating group) is 1. The third-order valence-electron chi connectivity index (χ3n) is 3.71. The van der Waals surface area contributed by atoms with Crippen molar-refractivity contribution in [1.29, 1.82) is 0 Å². The van der Waals surface area contributed by atoms with Crippen LogP contribution in [0.5, 0.6) is 0 Å². The molecule has 1 aliphatic carbocycles. The van der Waals surface area contributed by atoms with Crippen molar-refractivity contribution in [3.05, 3.63) is 18.0 Å². The van der Waals surface area contributed by atoms with Crippen LogP contribution >= 0.6 is 0 Å². The molecule has 1 aromatic heterocycles. The van der Waals surface area contributed by atoms with E-state index in [0.717, 1.165) is 19.4 Å². The summed E-state index contributed by atoms with van der Waals surface area (Å²) in [6, 6.07) is 0.547. The zero-order valence-electron chi connectivity index (χ0n) is 9.19. The molecule has 1 saturated carbocycles. The predicted octanol–water partition coefficient (Wildman–Crippen LogP) is 0.707. The second-order valence-corrected chi connectivity index (χ2v) is 5.07. The summed E-state index contributed by atoms with van der Waals surface area (Å²) in [5, 5.41) is 4.45. The Morgan fingerprint density at radius 3 is 2.93 bits per heavy atom. The van der Waals surface area contributed by atoms with Crippen LogP contribution in [-0.2, 0) is 5.54 Å². The molecule has 1 saturated heterocycles. The fourth-order valence-corrected chi connectivity index (χ4v) is 2.35. The van der Waals surface area contributed by atoms with Crippen LogP contribution in [0.25, 0.3) is 0 Å². The standard InChI is InChI=1S/C11H18N4/c1-14-5-2-10(8-14)15-7-9(6-13-15)11(12)3-4-11/h6-7,10H,2-5,8,12H2,1H3. The lowest BCUT2D eigenvalue weighted by molar-refractivity contribution is 0.382. The molecule has 1 unspecified atom stereocenters. The largest absolute Gasteiger partial charge is 0.321 e. The highest BCUT2D eigenvalue weighted by Gasteiger charge is 2.41. The van der Waals surface area contributed by atoms with Crippen molar-refractivity contribution >= 4 is 0 Å². The third-order valence-corrected chi connectivity index (χ3v) is 3.71. The van der Waals surface area contributed by atoms with Crippen molar-refractivity contribution in [1.82, 2.24) is 14.7 Å². The summed E-state index contributed by atoms with van der Waals surface area (Å²) in [4.78, 5) is 2.35. The lowest BCUT2D eigenvalue weighted by Gasteiger charge is -2.11. The lowest BCUT2D eigenvalue weighted by Crippen LogP contribution is -2.18. The SMILES string of the molecule is CN1CCC(n2cc(C3(N)CC3)cn2)C1. The molecule has 15 heavy (non-hydrogen) atoms. The quantitative estimate of drug-likeness (QED) is 0.775. The van der Waals surface area contributed by atoms with Gasteiger partial charge in [0.1, 0.15) is 0 Å². The summed E-state index contributed by atoms with van der Waals surface area (Å²) in [5.41, 5.74) is 7.32. The lowest BCUT2D eigenvalue weighted by atomic mass is 10.1. The number of hydrogen-bond donors (Lipinski definition) is 1. The van der Waals surface area contributed by atoms with Gasteiger partial charge in [-0.3, -0.25) is 4.68 Å². The van der Waals surface area contributed by atoms with Crippen molar-refractivity contribution in [2.24, 2.45) is 5.73 Å². The van der Waals surface area contributed by atoms with Crippen LogP contribution in [0.2, 0.25) is 0 Å². The molecular weight excluding hydrogens is 188 g/mol. The van der Waals surface area contributed by atoms with E-state index >= 15 is 0 Å². The molecule has 1 aromatic rings. The van der Waals surface area contributed by atoms with Gasteiger partial charge < -0.3 is 10.6 Å². The van der Waals surface area contributed by atoms with Crippen molar-refractivity contribution in [3.63, 3.8) is 0 Å². The average Bonchev–Trinajstić information content (AvgIpc) is 2.72. The second-order valence-electron chi connectivity index (χ2n) is 5.07. The monoisotopic (exact) mass is 206 g/mol. The molecule has 0 amide bonds. The van der Waals surface area contributed by atoms with Gasteiger partial charge in [-0.15, -0.1) is 0 Å². The molecule has 1 atom stereocenters. The Labute approximate surface area is 90.0 Å². The summed E-state index contributed by atoms with van der Waals surface area (Å²) >= 11 is 0. The normalized spacial score (nSPS) is 29.6. The fraction of sp³-hybridized carbons (Fsp3) is 0.727. The number of nitrogens with zero attached hydrogens (tertiary/aromatic N) is 3. The molecule has 82 valence electrons.